The van der Waals surface area contributed by atoms with Crippen LogP contribution in [0.2, 0.25) is 0 Å². The van der Waals surface area contributed by atoms with Crippen molar-refractivity contribution in [3.05, 3.63) is 0 Å². The van der Waals surface area contributed by atoms with Gasteiger partial charge in [0, 0.05) is 31.8 Å². The molecular weight excluding hydrogens is 264 g/mol. The molecule has 0 aromatic heterocycles. The third kappa shape index (κ3) is 2.87. The standard InChI is InChI=1S/C17H28N2O2/c1-11(2)9-15-16-13(5-4-7-18-16)12-6-8-19(3)17(20)14(12)10-21-15/h11-15H,4-10H2,1-3H3/t12-,13+,14+,15-/m1/s1. The van der Waals surface area contributed by atoms with Gasteiger partial charge in [-0.05, 0) is 37.5 Å². The monoisotopic (exact) mass is 292 g/mol. The summed E-state index contributed by atoms with van der Waals surface area (Å²) >= 11 is 0. The first-order valence-corrected chi connectivity index (χ1v) is 8.48. The third-order valence-electron chi connectivity index (χ3n) is 5.36. The molecule has 2 saturated heterocycles. The van der Waals surface area contributed by atoms with E-state index in [2.05, 4.69) is 13.8 Å². The molecule has 3 heterocycles. The topological polar surface area (TPSA) is 41.9 Å². The van der Waals surface area contributed by atoms with Crippen LogP contribution in [0.25, 0.3) is 0 Å². The number of amides is 1. The summed E-state index contributed by atoms with van der Waals surface area (Å²) in [5, 5.41) is 0. The highest BCUT2D eigenvalue weighted by Crippen LogP contribution is 2.40. The maximum atomic E-state index is 12.5. The molecule has 1 amide bonds. The molecule has 0 unspecified atom stereocenters. The molecule has 0 radical (unpaired) electrons. The number of aliphatic imine (C=N–C) groups is 1. The van der Waals surface area contributed by atoms with Crippen molar-refractivity contribution in [3.63, 3.8) is 0 Å². The van der Waals surface area contributed by atoms with Crippen molar-refractivity contribution in [1.29, 1.82) is 0 Å². The molecule has 4 heteroatoms. The van der Waals surface area contributed by atoms with Gasteiger partial charge < -0.3 is 9.64 Å². The van der Waals surface area contributed by atoms with E-state index < -0.39 is 0 Å². The van der Waals surface area contributed by atoms with Crippen LogP contribution in [0.15, 0.2) is 4.99 Å². The van der Waals surface area contributed by atoms with E-state index in [1.165, 1.54) is 12.1 Å². The van der Waals surface area contributed by atoms with Crippen LogP contribution in [0.1, 0.15) is 39.5 Å². The Balaban J connectivity index is 1.88. The number of rotatable bonds is 2. The van der Waals surface area contributed by atoms with Gasteiger partial charge in [-0.1, -0.05) is 13.8 Å². The van der Waals surface area contributed by atoms with E-state index in [1.807, 2.05) is 11.9 Å². The molecule has 0 aromatic rings. The van der Waals surface area contributed by atoms with Gasteiger partial charge in [0.25, 0.3) is 0 Å². The zero-order valence-electron chi connectivity index (χ0n) is 13.5. The van der Waals surface area contributed by atoms with E-state index in [0.29, 0.717) is 24.4 Å². The second kappa shape index (κ2) is 6.07. The molecule has 4 atom stereocenters. The van der Waals surface area contributed by atoms with Crippen LogP contribution in [0.4, 0.5) is 0 Å². The molecule has 2 fully saturated rings. The number of hydrogen-bond acceptors (Lipinski definition) is 3. The molecule has 0 N–H and O–H groups in total. The van der Waals surface area contributed by atoms with Crippen LogP contribution in [0.3, 0.4) is 0 Å². The molecule has 0 aliphatic carbocycles. The van der Waals surface area contributed by atoms with Crippen LogP contribution in [-0.2, 0) is 9.53 Å². The number of likely N-dealkylation sites (tertiary alicyclic amines) is 1. The third-order valence-corrected chi connectivity index (χ3v) is 5.36. The number of carbonyl (C=O) groups excluding carboxylic acids is 1. The average molecular weight is 292 g/mol. The van der Waals surface area contributed by atoms with E-state index in [4.69, 9.17) is 9.73 Å². The molecular formula is C17H28N2O2. The number of fused-ring (bicyclic) bond motifs is 3. The predicted molar refractivity (Wildman–Crippen MR) is 83.5 cm³/mol. The van der Waals surface area contributed by atoms with Gasteiger partial charge in [-0.25, -0.2) is 0 Å². The molecule has 4 nitrogen and oxygen atoms in total. The number of ether oxygens (including phenoxy) is 1. The van der Waals surface area contributed by atoms with Crippen LogP contribution < -0.4 is 0 Å². The summed E-state index contributed by atoms with van der Waals surface area (Å²) in [5.74, 6) is 1.85. The van der Waals surface area contributed by atoms with Crippen molar-refractivity contribution in [2.75, 3.05) is 26.7 Å². The Morgan fingerprint density at radius 3 is 2.90 bits per heavy atom. The van der Waals surface area contributed by atoms with Crippen LogP contribution >= 0.6 is 0 Å². The van der Waals surface area contributed by atoms with Gasteiger partial charge in [-0.3, -0.25) is 9.79 Å². The summed E-state index contributed by atoms with van der Waals surface area (Å²) in [6.07, 6.45) is 4.62. The number of hydrogen-bond donors (Lipinski definition) is 0. The summed E-state index contributed by atoms with van der Waals surface area (Å²) in [6.45, 7) is 6.88. The Kier molecular flexibility index (Phi) is 4.34. The minimum atomic E-state index is 0.0502. The lowest BCUT2D eigenvalue weighted by Gasteiger charge is -2.39. The zero-order valence-corrected chi connectivity index (χ0v) is 13.5. The van der Waals surface area contributed by atoms with E-state index in [0.717, 1.165) is 32.4 Å². The van der Waals surface area contributed by atoms with Crippen molar-refractivity contribution in [2.45, 2.75) is 45.6 Å². The van der Waals surface area contributed by atoms with E-state index in [-0.39, 0.29) is 17.9 Å². The van der Waals surface area contributed by atoms with Crippen molar-refractivity contribution < 1.29 is 9.53 Å². The molecule has 21 heavy (non-hydrogen) atoms. The SMILES string of the molecule is CC(C)C[C@H]1OC[C@@H]2C(=O)N(C)CC[C@@H]2[C@@H]2CCCN=C21. The summed E-state index contributed by atoms with van der Waals surface area (Å²) in [4.78, 5) is 19.3. The number of piperidine rings is 1. The second-order valence-corrected chi connectivity index (χ2v) is 7.33. The molecule has 0 spiro atoms. The smallest absolute Gasteiger partial charge is 0.228 e. The lowest BCUT2D eigenvalue weighted by Crippen LogP contribution is -2.47. The zero-order chi connectivity index (χ0) is 15.0. The highest BCUT2D eigenvalue weighted by molar-refractivity contribution is 5.93. The highest BCUT2D eigenvalue weighted by Gasteiger charge is 2.45. The van der Waals surface area contributed by atoms with Crippen LogP contribution in [0.5, 0.6) is 0 Å². The Labute approximate surface area is 127 Å². The quantitative estimate of drug-likeness (QED) is 0.784. The van der Waals surface area contributed by atoms with Gasteiger partial charge in [0.15, 0.2) is 0 Å². The van der Waals surface area contributed by atoms with Gasteiger partial charge in [0.05, 0.1) is 18.6 Å². The summed E-state index contributed by atoms with van der Waals surface area (Å²) in [5.41, 5.74) is 1.28. The van der Waals surface area contributed by atoms with E-state index in [9.17, 15) is 4.79 Å². The first kappa shape index (κ1) is 15.0. The average Bonchev–Trinajstić information content (AvgIpc) is 2.61. The Bertz CT molecular complexity index is 433. The fourth-order valence-corrected chi connectivity index (χ4v) is 4.28. The Morgan fingerprint density at radius 2 is 2.14 bits per heavy atom. The van der Waals surface area contributed by atoms with Crippen molar-refractivity contribution in [2.24, 2.45) is 28.7 Å². The van der Waals surface area contributed by atoms with E-state index in [1.54, 1.807) is 0 Å². The fraction of sp³-hybridized carbons (Fsp3) is 0.882. The maximum absolute atomic E-state index is 12.5. The minimum absolute atomic E-state index is 0.0502. The normalized spacial score (nSPS) is 36.9. The van der Waals surface area contributed by atoms with Crippen molar-refractivity contribution in [3.8, 4) is 0 Å². The summed E-state index contributed by atoms with van der Waals surface area (Å²) < 4.78 is 6.19. The minimum Gasteiger partial charge on any atom is -0.371 e. The van der Waals surface area contributed by atoms with Gasteiger partial charge in [0.1, 0.15) is 0 Å². The first-order valence-electron chi connectivity index (χ1n) is 8.48. The number of carbonyl (C=O) groups is 1. The van der Waals surface area contributed by atoms with Crippen LogP contribution in [-0.4, -0.2) is 49.4 Å². The van der Waals surface area contributed by atoms with Crippen LogP contribution in [0, 0.1) is 23.7 Å². The maximum Gasteiger partial charge on any atom is 0.228 e. The number of nitrogens with zero attached hydrogens (tertiary/aromatic N) is 2. The first-order chi connectivity index (χ1) is 10.1. The Hall–Kier alpha value is -0.900. The molecule has 0 aromatic carbocycles. The van der Waals surface area contributed by atoms with Gasteiger partial charge in [-0.2, -0.15) is 0 Å². The van der Waals surface area contributed by atoms with Gasteiger partial charge in [-0.15, -0.1) is 0 Å². The lowest BCUT2D eigenvalue weighted by molar-refractivity contribution is -0.143. The van der Waals surface area contributed by atoms with Crippen molar-refractivity contribution >= 4 is 11.6 Å². The highest BCUT2D eigenvalue weighted by atomic mass is 16.5. The summed E-state index contributed by atoms with van der Waals surface area (Å²) in [7, 11) is 1.92. The lowest BCUT2D eigenvalue weighted by atomic mass is 9.71. The largest absolute Gasteiger partial charge is 0.371 e. The van der Waals surface area contributed by atoms with Crippen molar-refractivity contribution in [1.82, 2.24) is 4.90 Å². The van der Waals surface area contributed by atoms with E-state index >= 15 is 0 Å². The Morgan fingerprint density at radius 1 is 1.33 bits per heavy atom. The summed E-state index contributed by atoms with van der Waals surface area (Å²) in [6, 6.07) is 0. The second-order valence-electron chi connectivity index (χ2n) is 7.33. The predicted octanol–water partition coefficient (Wildman–Crippen LogP) is 2.38. The molecule has 3 rings (SSSR count). The fourth-order valence-electron chi connectivity index (χ4n) is 4.28. The molecule has 3 aliphatic rings. The van der Waals surface area contributed by atoms with Gasteiger partial charge in [0.2, 0.25) is 5.91 Å². The molecule has 0 saturated carbocycles. The van der Waals surface area contributed by atoms with Gasteiger partial charge >= 0.3 is 0 Å². The molecule has 118 valence electrons. The molecule has 3 aliphatic heterocycles. The molecule has 0 bridgehead atoms.